The average molecular weight is 437 g/mol. The Kier molecular flexibility index (Phi) is 5.15. The lowest BCUT2D eigenvalue weighted by molar-refractivity contribution is 0.122. The summed E-state index contributed by atoms with van der Waals surface area (Å²) < 4.78 is 24.0. The number of aromatic nitrogens is 4. The first-order valence-electron chi connectivity index (χ1n) is 10.0. The molecule has 32 heavy (non-hydrogen) atoms. The second-order valence-electron chi connectivity index (χ2n) is 7.31. The number of hydrogen-bond donors (Lipinski definition) is 2. The lowest BCUT2D eigenvalue weighted by Crippen LogP contribution is -2.36. The Labute approximate surface area is 181 Å². The molecule has 11 heteroatoms. The van der Waals surface area contributed by atoms with Crippen molar-refractivity contribution in [2.75, 3.05) is 41.8 Å². The fourth-order valence-electron chi connectivity index (χ4n) is 3.40. The maximum absolute atomic E-state index is 13.8. The van der Waals surface area contributed by atoms with Gasteiger partial charge in [0.05, 0.1) is 25.1 Å². The number of morpholine rings is 1. The van der Waals surface area contributed by atoms with E-state index in [1.807, 2.05) is 19.1 Å². The van der Waals surface area contributed by atoms with Crippen molar-refractivity contribution in [2.45, 2.75) is 6.92 Å². The largest absolute Gasteiger partial charge is 0.448 e. The number of aryl methyl sites for hydroxylation is 1. The van der Waals surface area contributed by atoms with Gasteiger partial charge in [-0.25, -0.2) is 14.8 Å². The standard InChI is InChI=1S/C21H20FN7O3/c1-13-11-24-20(26-15-3-5-18(23-12-15)28-6-8-31-9-7-28)27-19(13)25-14-2-4-17-16(10-14)29(22)21(30)32-17/h2-5,10-12H,6-9H2,1H3,(H2,24,25,26,27). The van der Waals surface area contributed by atoms with Crippen molar-refractivity contribution in [1.82, 2.24) is 19.7 Å². The van der Waals surface area contributed by atoms with Gasteiger partial charge in [-0.05, 0) is 37.3 Å². The van der Waals surface area contributed by atoms with Crippen molar-refractivity contribution >= 4 is 40.1 Å². The summed E-state index contributed by atoms with van der Waals surface area (Å²) in [5.41, 5.74) is 2.29. The van der Waals surface area contributed by atoms with Gasteiger partial charge in [-0.15, -0.1) is 4.79 Å². The molecule has 0 spiro atoms. The SMILES string of the molecule is Cc1cnc(Nc2ccc(N3CCOCC3)nc2)nc1Nc1ccc2oc(=O)n(F)c2c1. The second kappa shape index (κ2) is 8.27. The Morgan fingerprint density at radius 3 is 2.62 bits per heavy atom. The van der Waals surface area contributed by atoms with Gasteiger partial charge >= 0.3 is 5.76 Å². The quantitative estimate of drug-likeness (QED) is 0.486. The summed E-state index contributed by atoms with van der Waals surface area (Å²) in [4.78, 5) is 26.8. The van der Waals surface area contributed by atoms with E-state index < -0.39 is 5.76 Å². The topological polar surface area (TPSA) is 110 Å². The Morgan fingerprint density at radius 2 is 1.84 bits per heavy atom. The third-order valence-corrected chi connectivity index (χ3v) is 5.10. The molecule has 1 aliphatic heterocycles. The van der Waals surface area contributed by atoms with E-state index in [2.05, 4.69) is 30.5 Å². The van der Waals surface area contributed by atoms with Gasteiger partial charge in [-0.3, -0.25) is 0 Å². The minimum Gasteiger partial charge on any atom is -0.406 e. The van der Waals surface area contributed by atoms with Crippen LogP contribution in [0.25, 0.3) is 11.1 Å². The Bertz CT molecular complexity index is 1310. The van der Waals surface area contributed by atoms with E-state index in [1.165, 1.54) is 12.1 Å². The van der Waals surface area contributed by atoms with Crippen LogP contribution < -0.4 is 21.3 Å². The first-order chi connectivity index (χ1) is 15.6. The molecule has 0 amide bonds. The number of anilines is 5. The molecule has 10 nitrogen and oxygen atoms in total. The predicted molar refractivity (Wildman–Crippen MR) is 118 cm³/mol. The molecule has 4 aromatic rings. The fourth-order valence-corrected chi connectivity index (χ4v) is 3.40. The normalized spacial score (nSPS) is 14.0. The molecule has 164 valence electrons. The minimum absolute atomic E-state index is 0.0338. The number of halogens is 1. The monoisotopic (exact) mass is 437 g/mol. The molecule has 0 aliphatic carbocycles. The van der Waals surface area contributed by atoms with Crippen LogP contribution >= 0.6 is 0 Å². The summed E-state index contributed by atoms with van der Waals surface area (Å²) in [6, 6.07) is 8.53. The summed E-state index contributed by atoms with van der Waals surface area (Å²) in [6.45, 7) is 4.89. The zero-order chi connectivity index (χ0) is 22.1. The van der Waals surface area contributed by atoms with Gasteiger partial charge in [0.15, 0.2) is 5.58 Å². The predicted octanol–water partition coefficient (Wildman–Crippen LogP) is 3.14. The highest BCUT2D eigenvalue weighted by molar-refractivity contribution is 5.79. The Hall–Kier alpha value is -3.99. The number of ether oxygens (including phenoxy) is 1. The van der Waals surface area contributed by atoms with Crippen LogP contribution in [0.4, 0.5) is 33.4 Å². The third-order valence-electron chi connectivity index (χ3n) is 5.10. The van der Waals surface area contributed by atoms with E-state index >= 15 is 0 Å². The molecule has 0 saturated carbocycles. The minimum atomic E-state index is -1.06. The summed E-state index contributed by atoms with van der Waals surface area (Å²) in [5.74, 6) is 0.754. The van der Waals surface area contributed by atoms with Gasteiger partial charge in [0.2, 0.25) is 5.95 Å². The highest BCUT2D eigenvalue weighted by Crippen LogP contribution is 2.24. The molecular formula is C21H20FN7O3. The van der Waals surface area contributed by atoms with Gasteiger partial charge in [0, 0.05) is 30.5 Å². The van der Waals surface area contributed by atoms with Gasteiger partial charge in [-0.2, -0.15) is 4.98 Å². The molecule has 2 N–H and O–H groups in total. The number of pyridine rings is 1. The highest BCUT2D eigenvalue weighted by Gasteiger charge is 2.13. The maximum Gasteiger partial charge on any atom is 0.448 e. The van der Waals surface area contributed by atoms with Crippen molar-refractivity contribution < 1.29 is 13.6 Å². The van der Waals surface area contributed by atoms with Crippen molar-refractivity contribution in [3.05, 3.63) is 58.8 Å². The van der Waals surface area contributed by atoms with Crippen molar-refractivity contribution in [2.24, 2.45) is 0 Å². The number of hydrogen-bond acceptors (Lipinski definition) is 9. The van der Waals surface area contributed by atoms with Crippen LogP contribution in [0.2, 0.25) is 0 Å². The van der Waals surface area contributed by atoms with Crippen LogP contribution in [0.1, 0.15) is 5.56 Å². The summed E-state index contributed by atoms with van der Waals surface area (Å²) in [7, 11) is 0. The average Bonchev–Trinajstić information content (AvgIpc) is 3.10. The second-order valence-corrected chi connectivity index (χ2v) is 7.31. The molecule has 5 rings (SSSR count). The van der Waals surface area contributed by atoms with Gasteiger partial charge in [0.1, 0.15) is 17.2 Å². The maximum atomic E-state index is 13.8. The van der Waals surface area contributed by atoms with E-state index in [4.69, 9.17) is 9.15 Å². The van der Waals surface area contributed by atoms with Crippen LogP contribution in [-0.4, -0.2) is 46.0 Å². The van der Waals surface area contributed by atoms with E-state index in [9.17, 15) is 9.28 Å². The Balaban J connectivity index is 1.33. The number of rotatable bonds is 5. The number of nitrogens with zero attached hydrogens (tertiary/aromatic N) is 5. The summed E-state index contributed by atoms with van der Waals surface area (Å²) >= 11 is 0. The molecule has 0 bridgehead atoms. The van der Waals surface area contributed by atoms with Crippen LogP contribution in [0.15, 0.2) is 51.9 Å². The van der Waals surface area contributed by atoms with Gasteiger partial charge in [0.25, 0.3) is 0 Å². The van der Waals surface area contributed by atoms with Crippen LogP contribution in [0.5, 0.6) is 0 Å². The van der Waals surface area contributed by atoms with Crippen molar-refractivity contribution in [3.8, 4) is 0 Å². The lowest BCUT2D eigenvalue weighted by Gasteiger charge is -2.27. The van der Waals surface area contributed by atoms with E-state index in [-0.39, 0.29) is 15.9 Å². The lowest BCUT2D eigenvalue weighted by atomic mass is 10.2. The molecule has 1 aliphatic rings. The van der Waals surface area contributed by atoms with Gasteiger partial charge in [-0.1, -0.05) is 4.48 Å². The van der Waals surface area contributed by atoms with Crippen LogP contribution in [-0.2, 0) is 4.74 Å². The van der Waals surface area contributed by atoms with E-state index in [0.717, 1.165) is 30.2 Å². The van der Waals surface area contributed by atoms with Crippen LogP contribution in [0, 0.1) is 6.92 Å². The molecule has 0 atom stereocenters. The number of fused-ring (bicyclic) bond motifs is 1. The van der Waals surface area contributed by atoms with E-state index in [1.54, 1.807) is 18.5 Å². The summed E-state index contributed by atoms with van der Waals surface area (Å²) in [6.07, 6.45) is 3.41. The Morgan fingerprint density at radius 1 is 1.03 bits per heavy atom. The molecule has 1 fully saturated rings. The fraction of sp³-hybridized carbons (Fsp3) is 0.238. The third kappa shape index (κ3) is 3.97. The zero-order valence-electron chi connectivity index (χ0n) is 17.2. The first-order valence-corrected chi connectivity index (χ1v) is 10.0. The number of benzene rings is 1. The number of oxazole rings is 1. The zero-order valence-corrected chi connectivity index (χ0v) is 17.2. The molecule has 1 saturated heterocycles. The number of nitrogens with one attached hydrogen (secondary N) is 2. The van der Waals surface area contributed by atoms with Crippen molar-refractivity contribution in [1.29, 1.82) is 0 Å². The van der Waals surface area contributed by atoms with Crippen molar-refractivity contribution in [3.63, 3.8) is 0 Å². The van der Waals surface area contributed by atoms with E-state index in [0.29, 0.717) is 30.7 Å². The smallest absolute Gasteiger partial charge is 0.406 e. The first kappa shape index (κ1) is 19.9. The van der Waals surface area contributed by atoms with Crippen LogP contribution in [0.3, 0.4) is 0 Å². The summed E-state index contributed by atoms with van der Waals surface area (Å²) in [5, 5.41) is 6.27. The molecule has 1 aromatic carbocycles. The molecule has 3 aromatic heterocycles. The molecular weight excluding hydrogens is 417 g/mol. The highest BCUT2D eigenvalue weighted by atomic mass is 19.2. The van der Waals surface area contributed by atoms with Gasteiger partial charge < -0.3 is 24.7 Å². The molecule has 4 heterocycles. The molecule has 0 radical (unpaired) electrons. The molecule has 0 unspecified atom stereocenters.